The second-order valence-electron chi connectivity index (χ2n) is 4.61. The Labute approximate surface area is 137 Å². The predicted octanol–water partition coefficient (Wildman–Crippen LogP) is 2.53. The lowest BCUT2D eigenvalue weighted by Crippen LogP contribution is -2.42. The summed E-state index contributed by atoms with van der Waals surface area (Å²) < 4.78 is 0. The summed E-state index contributed by atoms with van der Waals surface area (Å²) in [6, 6.07) is 13.5. The van der Waals surface area contributed by atoms with E-state index in [1.54, 1.807) is 0 Å². The molecular formula is C15H14N4O3S. The highest BCUT2D eigenvalue weighted by molar-refractivity contribution is 7.80. The van der Waals surface area contributed by atoms with E-state index in [2.05, 4.69) is 16.2 Å². The summed E-state index contributed by atoms with van der Waals surface area (Å²) in [5, 5.41) is 13.4. The Hall–Kier alpha value is -3.00. The number of nitro benzene ring substituents is 1. The number of para-hydroxylation sites is 1. The van der Waals surface area contributed by atoms with Crippen molar-refractivity contribution in [2.24, 2.45) is 0 Å². The fraction of sp³-hybridized carbons (Fsp3) is 0.0667. The standard InChI is InChI=1S/C15H14N4O3S/c1-10-12(8-5-9-13(10)19(21)22)14(20)16-15(23)18-17-11-6-3-2-4-7-11/h2-9,17H,1H3,(H2,16,18,20,23). The summed E-state index contributed by atoms with van der Waals surface area (Å²) in [5.41, 5.74) is 6.65. The Morgan fingerprint density at radius 1 is 1.13 bits per heavy atom. The summed E-state index contributed by atoms with van der Waals surface area (Å²) >= 11 is 5.02. The quantitative estimate of drug-likeness (QED) is 0.453. The molecule has 0 atom stereocenters. The Kier molecular flexibility index (Phi) is 5.21. The average molecular weight is 330 g/mol. The van der Waals surface area contributed by atoms with Gasteiger partial charge in [-0.05, 0) is 37.3 Å². The predicted molar refractivity (Wildman–Crippen MR) is 91.1 cm³/mol. The van der Waals surface area contributed by atoms with Gasteiger partial charge in [-0.3, -0.25) is 31.1 Å². The van der Waals surface area contributed by atoms with Gasteiger partial charge in [-0.25, -0.2) is 0 Å². The molecule has 0 aromatic heterocycles. The fourth-order valence-electron chi connectivity index (χ4n) is 1.92. The maximum absolute atomic E-state index is 12.2. The third-order valence-electron chi connectivity index (χ3n) is 3.07. The van der Waals surface area contributed by atoms with Crippen LogP contribution in [0.1, 0.15) is 15.9 Å². The number of benzene rings is 2. The first kappa shape index (κ1) is 16.4. The van der Waals surface area contributed by atoms with E-state index in [0.29, 0.717) is 0 Å². The van der Waals surface area contributed by atoms with E-state index in [1.165, 1.54) is 25.1 Å². The molecule has 2 rings (SSSR count). The van der Waals surface area contributed by atoms with Crippen LogP contribution in [0.15, 0.2) is 48.5 Å². The zero-order valence-corrected chi connectivity index (χ0v) is 13.0. The second kappa shape index (κ2) is 7.32. The van der Waals surface area contributed by atoms with E-state index in [1.807, 2.05) is 30.3 Å². The number of thiocarbonyl (C=S) groups is 1. The van der Waals surface area contributed by atoms with Crippen LogP contribution in [0.25, 0.3) is 0 Å². The SMILES string of the molecule is Cc1c(C(=O)NC(=S)NNc2ccccc2)cccc1[N+](=O)[O-]. The number of anilines is 1. The van der Waals surface area contributed by atoms with Crippen molar-refractivity contribution >= 4 is 34.6 Å². The highest BCUT2D eigenvalue weighted by Crippen LogP contribution is 2.20. The summed E-state index contributed by atoms with van der Waals surface area (Å²) in [6.07, 6.45) is 0. The van der Waals surface area contributed by atoms with Gasteiger partial charge in [0.2, 0.25) is 0 Å². The molecule has 0 unspecified atom stereocenters. The number of nitro groups is 1. The summed E-state index contributed by atoms with van der Waals surface area (Å²) in [4.78, 5) is 22.5. The van der Waals surface area contributed by atoms with Gasteiger partial charge in [-0.15, -0.1) is 0 Å². The maximum atomic E-state index is 12.2. The molecule has 3 N–H and O–H groups in total. The Morgan fingerprint density at radius 3 is 2.48 bits per heavy atom. The van der Waals surface area contributed by atoms with Crippen molar-refractivity contribution in [3.63, 3.8) is 0 Å². The van der Waals surface area contributed by atoms with Gasteiger partial charge in [0, 0.05) is 17.2 Å². The molecule has 0 aliphatic heterocycles. The Morgan fingerprint density at radius 2 is 1.83 bits per heavy atom. The van der Waals surface area contributed by atoms with Crippen LogP contribution in [0.4, 0.5) is 11.4 Å². The molecule has 0 bridgehead atoms. The number of hydrogen-bond acceptors (Lipinski definition) is 5. The number of rotatable bonds is 4. The third kappa shape index (κ3) is 4.24. The molecule has 118 valence electrons. The van der Waals surface area contributed by atoms with E-state index in [4.69, 9.17) is 12.2 Å². The van der Waals surface area contributed by atoms with E-state index in [0.717, 1.165) is 5.69 Å². The van der Waals surface area contributed by atoms with Crippen LogP contribution >= 0.6 is 12.2 Å². The first-order chi connectivity index (χ1) is 11.0. The average Bonchev–Trinajstić information content (AvgIpc) is 2.53. The van der Waals surface area contributed by atoms with Crippen LogP contribution in [0.2, 0.25) is 0 Å². The van der Waals surface area contributed by atoms with Gasteiger partial charge in [0.1, 0.15) is 0 Å². The molecule has 2 aromatic rings. The minimum atomic E-state index is -0.528. The summed E-state index contributed by atoms with van der Waals surface area (Å²) in [6.45, 7) is 1.52. The number of carbonyl (C=O) groups is 1. The molecule has 23 heavy (non-hydrogen) atoms. The van der Waals surface area contributed by atoms with Gasteiger partial charge >= 0.3 is 0 Å². The number of hydrazine groups is 1. The smallest absolute Gasteiger partial charge is 0.273 e. The van der Waals surface area contributed by atoms with Crippen molar-refractivity contribution < 1.29 is 9.72 Å². The maximum Gasteiger partial charge on any atom is 0.273 e. The molecule has 0 fully saturated rings. The molecular weight excluding hydrogens is 316 g/mol. The van der Waals surface area contributed by atoms with Crippen molar-refractivity contribution in [1.29, 1.82) is 0 Å². The van der Waals surface area contributed by atoms with Crippen molar-refractivity contribution in [2.75, 3.05) is 5.43 Å². The van der Waals surface area contributed by atoms with Gasteiger partial charge < -0.3 is 0 Å². The molecule has 7 nitrogen and oxygen atoms in total. The molecule has 0 aliphatic carbocycles. The van der Waals surface area contributed by atoms with Crippen molar-refractivity contribution in [2.45, 2.75) is 6.92 Å². The zero-order chi connectivity index (χ0) is 16.8. The molecule has 0 aliphatic rings. The summed E-state index contributed by atoms with van der Waals surface area (Å²) in [5.74, 6) is -0.515. The van der Waals surface area contributed by atoms with Crippen LogP contribution in [0.3, 0.4) is 0 Å². The number of amides is 1. The van der Waals surface area contributed by atoms with Crippen LogP contribution in [-0.4, -0.2) is 15.9 Å². The van der Waals surface area contributed by atoms with Crippen molar-refractivity contribution in [1.82, 2.24) is 10.7 Å². The van der Waals surface area contributed by atoms with Crippen LogP contribution in [0.5, 0.6) is 0 Å². The highest BCUT2D eigenvalue weighted by atomic mass is 32.1. The zero-order valence-electron chi connectivity index (χ0n) is 12.2. The van der Waals surface area contributed by atoms with E-state index < -0.39 is 10.8 Å². The van der Waals surface area contributed by atoms with Gasteiger partial charge in [-0.2, -0.15) is 0 Å². The highest BCUT2D eigenvalue weighted by Gasteiger charge is 2.18. The van der Waals surface area contributed by atoms with Gasteiger partial charge in [0.25, 0.3) is 11.6 Å². The lowest BCUT2D eigenvalue weighted by Gasteiger charge is -2.12. The summed E-state index contributed by atoms with van der Waals surface area (Å²) in [7, 11) is 0. The van der Waals surface area contributed by atoms with Crippen LogP contribution in [-0.2, 0) is 0 Å². The Balaban J connectivity index is 2.00. The number of carbonyl (C=O) groups excluding carboxylic acids is 1. The molecule has 8 heteroatoms. The van der Waals surface area contributed by atoms with Crippen molar-refractivity contribution in [3.8, 4) is 0 Å². The molecule has 0 saturated carbocycles. The third-order valence-corrected chi connectivity index (χ3v) is 3.27. The minimum absolute atomic E-state index is 0.0600. The van der Waals surface area contributed by atoms with Crippen LogP contribution < -0.4 is 16.2 Å². The molecule has 0 saturated heterocycles. The van der Waals surface area contributed by atoms with Gasteiger partial charge in [0.05, 0.1) is 10.6 Å². The molecule has 2 aromatic carbocycles. The van der Waals surface area contributed by atoms with E-state index in [-0.39, 0.29) is 21.9 Å². The number of hydrogen-bond donors (Lipinski definition) is 3. The normalized spacial score (nSPS) is 9.78. The monoisotopic (exact) mass is 330 g/mol. The first-order valence-electron chi connectivity index (χ1n) is 6.65. The van der Waals surface area contributed by atoms with Crippen LogP contribution in [0, 0.1) is 17.0 Å². The lowest BCUT2D eigenvalue weighted by molar-refractivity contribution is -0.385. The Bertz CT molecular complexity index is 750. The largest absolute Gasteiger partial charge is 0.299 e. The van der Waals surface area contributed by atoms with E-state index in [9.17, 15) is 14.9 Å². The van der Waals surface area contributed by atoms with E-state index >= 15 is 0 Å². The minimum Gasteiger partial charge on any atom is -0.299 e. The topological polar surface area (TPSA) is 96.3 Å². The number of nitrogens with zero attached hydrogens (tertiary/aromatic N) is 1. The van der Waals surface area contributed by atoms with Crippen molar-refractivity contribution in [3.05, 3.63) is 69.8 Å². The van der Waals surface area contributed by atoms with Gasteiger partial charge in [0.15, 0.2) is 5.11 Å². The fourth-order valence-corrected chi connectivity index (χ4v) is 2.06. The molecule has 1 amide bonds. The molecule has 0 spiro atoms. The first-order valence-corrected chi connectivity index (χ1v) is 7.06. The molecule has 0 heterocycles. The lowest BCUT2D eigenvalue weighted by atomic mass is 10.1. The number of nitrogens with one attached hydrogen (secondary N) is 3. The molecule has 0 radical (unpaired) electrons. The van der Waals surface area contributed by atoms with Gasteiger partial charge in [-0.1, -0.05) is 24.3 Å². The second-order valence-corrected chi connectivity index (χ2v) is 5.01.